The summed E-state index contributed by atoms with van der Waals surface area (Å²) in [6.07, 6.45) is 7.80. The molecule has 4 nitrogen and oxygen atoms in total. The maximum absolute atomic E-state index is 12.9. The van der Waals surface area contributed by atoms with Crippen LogP contribution in [0.2, 0.25) is 0 Å². The lowest BCUT2D eigenvalue weighted by molar-refractivity contribution is -0.137. The first-order chi connectivity index (χ1) is 12.7. The van der Waals surface area contributed by atoms with Gasteiger partial charge < -0.3 is 14.4 Å². The summed E-state index contributed by atoms with van der Waals surface area (Å²) in [6, 6.07) is 8.64. The number of carbonyl (C=O) groups is 1. The van der Waals surface area contributed by atoms with Crippen LogP contribution >= 0.6 is 0 Å². The zero-order valence-electron chi connectivity index (χ0n) is 16.3. The van der Waals surface area contributed by atoms with Crippen molar-refractivity contribution in [1.29, 1.82) is 0 Å². The van der Waals surface area contributed by atoms with Crippen molar-refractivity contribution in [2.45, 2.75) is 77.5 Å². The van der Waals surface area contributed by atoms with Gasteiger partial charge in [-0.1, -0.05) is 26.0 Å². The van der Waals surface area contributed by atoms with E-state index in [9.17, 15) is 4.79 Å². The summed E-state index contributed by atoms with van der Waals surface area (Å²) in [5, 5.41) is 0. The predicted octanol–water partition coefficient (Wildman–Crippen LogP) is 4.56. The van der Waals surface area contributed by atoms with Gasteiger partial charge in [-0.15, -0.1) is 0 Å². The van der Waals surface area contributed by atoms with E-state index in [0.717, 1.165) is 56.4 Å². The molecule has 1 heterocycles. The van der Waals surface area contributed by atoms with Crippen molar-refractivity contribution < 1.29 is 14.3 Å². The van der Waals surface area contributed by atoms with E-state index in [-0.39, 0.29) is 12.0 Å². The van der Waals surface area contributed by atoms with Crippen LogP contribution in [0, 0.1) is 5.92 Å². The third-order valence-electron chi connectivity index (χ3n) is 5.57. The third-order valence-corrected chi connectivity index (χ3v) is 5.57. The molecule has 4 heteroatoms. The van der Waals surface area contributed by atoms with Gasteiger partial charge in [0.25, 0.3) is 0 Å². The molecule has 0 unspecified atom stereocenters. The Balaban J connectivity index is 1.60. The topological polar surface area (TPSA) is 38.8 Å². The smallest absolute Gasteiger partial charge is 0.226 e. The summed E-state index contributed by atoms with van der Waals surface area (Å²) in [6.45, 7) is 6.38. The Bertz CT molecular complexity index is 575. The maximum Gasteiger partial charge on any atom is 0.226 e. The molecule has 1 aliphatic carbocycles. The van der Waals surface area contributed by atoms with Crippen LogP contribution in [0.4, 0.5) is 0 Å². The van der Waals surface area contributed by atoms with Gasteiger partial charge in [0.2, 0.25) is 5.91 Å². The highest BCUT2D eigenvalue weighted by Gasteiger charge is 2.34. The van der Waals surface area contributed by atoms with Crippen molar-refractivity contribution in [1.82, 2.24) is 4.90 Å². The van der Waals surface area contributed by atoms with Crippen molar-refractivity contribution in [3.63, 3.8) is 0 Å². The average Bonchev–Trinajstić information content (AvgIpc) is 3.51. The van der Waals surface area contributed by atoms with Gasteiger partial charge in [0.05, 0.1) is 6.10 Å². The predicted molar refractivity (Wildman–Crippen MR) is 103 cm³/mol. The molecule has 1 saturated carbocycles. The Morgan fingerprint density at radius 2 is 2.04 bits per heavy atom. The van der Waals surface area contributed by atoms with Crippen LogP contribution in [-0.2, 0) is 16.1 Å². The number of benzene rings is 1. The standard InChI is InChI=1S/C22H33NO3/c1-3-18(4-2)22(24)23(19-11-12-19)15-17-8-7-10-20(14-17)26-16-21-9-5-6-13-25-21/h7-8,10,14,18-19,21H,3-6,9,11-13,15-16H2,1-2H3/t21-/m1/s1. The van der Waals surface area contributed by atoms with Crippen molar-refractivity contribution in [3.05, 3.63) is 29.8 Å². The SMILES string of the molecule is CCC(CC)C(=O)N(Cc1cccc(OC[C@H]2CCCCO2)c1)C1CC1. The van der Waals surface area contributed by atoms with E-state index >= 15 is 0 Å². The van der Waals surface area contributed by atoms with Gasteiger partial charge >= 0.3 is 0 Å². The minimum absolute atomic E-state index is 0.151. The molecule has 1 aromatic rings. The maximum atomic E-state index is 12.9. The van der Waals surface area contributed by atoms with Gasteiger partial charge in [-0.3, -0.25) is 4.79 Å². The molecule has 1 amide bonds. The van der Waals surface area contributed by atoms with Gasteiger partial charge in [0.1, 0.15) is 12.4 Å². The number of amides is 1. The van der Waals surface area contributed by atoms with Crippen LogP contribution in [0.5, 0.6) is 5.75 Å². The van der Waals surface area contributed by atoms with Crippen LogP contribution in [0.15, 0.2) is 24.3 Å². The first kappa shape index (κ1) is 19.2. The molecule has 144 valence electrons. The number of hydrogen-bond donors (Lipinski definition) is 0. The Hall–Kier alpha value is -1.55. The number of carbonyl (C=O) groups excluding carboxylic acids is 1. The zero-order chi connectivity index (χ0) is 18.4. The molecule has 1 saturated heterocycles. The van der Waals surface area contributed by atoms with Gasteiger partial charge in [0, 0.05) is 25.1 Å². The second kappa shape index (κ2) is 9.40. The Morgan fingerprint density at radius 1 is 1.23 bits per heavy atom. The van der Waals surface area contributed by atoms with Gasteiger partial charge in [-0.25, -0.2) is 0 Å². The Kier molecular flexibility index (Phi) is 6.95. The highest BCUT2D eigenvalue weighted by molar-refractivity contribution is 5.79. The second-order valence-electron chi connectivity index (χ2n) is 7.66. The summed E-state index contributed by atoms with van der Waals surface area (Å²) in [5.41, 5.74) is 1.15. The van der Waals surface area contributed by atoms with Crippen LogP contribution in [0.1, 0.15) is 64.4 Å². The van der Waals surface area contributed by atoms with Crippen molar-refractivity contribution in [2.75, 3.05) is 13.2 Å². The molecule has 2 aliphatic rings. The molecule has 1 aromatic carbocycles. The van der Waals surface area contributed by atoms with Gasteiger partial charge in [-0.05, 0) is 62.6 Å². The molecule has 0 spiro atoms. The molecule has 0 aromatic heterocycles. The van der Waals surface area contributed by atoms with Crippen LogP contribution in [0.25, 0.3) is 0 Å². The highest BCUT2D eigenvalue weighted by Crippen LogP contribution is 2.31. The third kappa shape index (κ3) is 5.23. The summed E-state index contributed by atoms with van der Waals surface area (Å²) in [4.78, 5) is 15.0. The Morgan fingerprint density at radius 3 is 2.69 bits per heavy atom. The quantitative estimate of drug-likeness (QED) is 0.649. The monoisotopic (exact) mass is 359 g/mol. The molecule has 0 bridgehead atoms. The van der Waals surface area contributed by atoms with E-state index in [2.05, 4.69) is 30.9 Å². The molecule has 0 N–H and O–H groups in total. The fraction of sp³-hybridized carbons (Fsp3) is 0.682. The minimum atomic E-state index is 0.151. The number of nitrogens with zero attached hydrogens (tertiary/aromatic N) is 1. The first-order valence-electron chi connectivity index (χ1n) is 10.3. The molecule has 1 aliphatic heterocycles. The number of hydrogen-bond acceptors (Lipinski definition) is 3. The average molecular weight is 360 g/mol. The van der Waals surface area contributed by atoms with E-state index in [1.807, 2.05) is 12.1 Å². The molecule has 2 fully saturated rings. The summed E-state index contributed by atoms with van der Waals surface area (Å²) in [7, 11) is 0. The summed E-state index contributed by atoms with van der Waals surface area (Å²) in [5.74, 6) is 1.35. The van der Waals surface area contributed by atoms with Crippen LogP contribution in [-0.4, -0.2) is 36.2 Å². The molecular weight excluding hydrogens is 326 g/mol. The fourth-order valence-corrected chi connectivity index (χ4v) is 3.70. The lowest BCUT2D eigenvalue weighted by Crippen LogP contribution is -2.37. The normalized spacial score (nSPS) is 20.2. The fourth-order valence-electron chi connectivity index (χ4n) is 3.70. The zero-order valence-corrected chi connectivity index (χ0v) is 16.3. The molecule has 26 heavy (non-hydrogen) atoms. The van der Waals surface area contributed by atoms with Gasteiger partial charge in [0.15, 0.2) is 0 Å². The molecule has 0 radical (unpaired) electrons. The lowest BCUT2D eigenvalue weighted by atomic mass is 10.0. The molecular formula is C22H33NO3. The second-order valence-corrected chi connectivity index (χ2v) is 7.66. The van der Waals surface area contributed by atoms with Crippen LogP contribution < -0.4 is 4.74 Å². The van der Waals surface area contributed by atoms with Crippen molar-refractivity contribution in [2.24, 2.45) is 5.92 Å². The lowest BCUT2D eigenvalue weighted by Gasteiger charge is -2.27. The minimum Gasteiger partial charge on any atom is -0.491 e. The van der Waals surface area contributed by atoms with E-state index in [1.54, 1.807) is 0 Å². The number of ether oxygens (including phenoxy) is 2. The summed E-state index contributed by atoms with van der Waals surface area (Å²) < 4.78 is 11.7. The van der Waals surface area contributed by atoms with E-state index < -0.39 is 0 Å². The van der Waals surface area contributed by atoms with E-state index in [1.165, 1.54) is 6.42 Å². The molecule has 3 rings (SSSR count). The summed E-state index contributed by atoms with van der Waals surface area (Å²) >= 11 is 0. The van der Waals surface area contributed by atoms with Crippen molar-refractivity contribution in [3.8, 4) is 5.75 Å². The largest absolute Gasteiger partial charge is 0.491 e. The highest BCUT2D eigenvalue weighted by atomic mass is 16.5. The van der Waals surface area contributed by atoms with E-state index in [0.29, 0.717) is 25.1 Å². The van der Waals surface area contributed by atoms with Crippen LogP contribution in [0.3, 0.4) is 0 Å². The van der Waals surface area contributed by atoms with Gasteiger partial charge in [-0.2, -0.15) is 0 Å². The Labute approximate surface area is 157 Å². The van der Waals surface area contributed by atoms with Crippen molar-refractivity contribution >= 4 is 5.91 Å². The first-order valence-corrected chi connectivity index (χ1v) is 10.3. The molecule has 1 atom stereocenters. The van der Waals surface area contributed by atoms with E-state index in [4.69, 9.17) is 9.47 Å². The number of rotatable bonds is 9.